The van der Waals surface area contributed by atoms with Gasteiger partial charge in [-0.1, -0.05) is 23.7 Å². The van der Waals surface area contributed by atoms with Crippen LogP contribution in [0.15, 0.2) is 24.3 Å². The smallest absolute Gasteiger partial charge is 0.246 e. The van der Waals surface area contributed by atoms with Crippen molar-refractivity contribution in [2.24, 2.45) is 0 Å². The average molecular weight is 324 g/mol. The molecule has 118 valence electrons. The number of carbonyl (C=O) groups excluding carboxylic acids is 1. The van der Waals surface area contributed by atoms with E-state index in [1.54, 1.807) is 23.1 Å². The van der Waals surface area contributed by atoms with Gasteiger partial charge in [-0.2, -0.15) is 0 Å². The summed E-state index contributed by atoms with van der Waals surface area (Å²) in [6.45, 7) is 3.63. The van der Waals surface area contributed by atoms with Gasteiger partial charge in [0.2, 0.25) is 5.91 Å². The summed E-state index contributed by atoms with van der Waals surface area (Å²) in [5.41, 5.74) is 0.787. The highest BCUT2D eigenvalue weighted by molar-refractivity contribution is 6.32. The number of carbonyl (C=O) groups is 1. The van der Waals surface area contributed by atoms with Crippen LogP contribution >= 0.6 is 11.6 Å². The van der Waals surface area contributed by atoms with Gasteiger partial charge >= 0.3 is 0 Å². The maximum absolute atomic E-state index is 12.1. The first-order chi connectivity index (χ1) is 10.7. The zero-order chi connectivity index (χ0) is 15.4. The number of rotatable bonds is 5. The Labute approximate surface area is 134 Å². The van der Waals surface area contributed by atoms with Crippen molar-refractivity contribution < 1.29 is 19.0 Å². The fourth-order valence-electron chi connectivity index (χ4n) is 2.20. The van der Waals surface area contributed by atoms with E-state index in [4.69, 9.17) is 25.8 Å². The number of para-hydroxylation sites is 1. The standard InChI is InChI=1S/C16H18ClNO4/c17-14-3-1-2-12(16(14)22-11-13-10-21-13)4-5-15(19)18-6-8-20-9-7-18/h1-5,13H,6-11H2/b5-4+. The molecule has 6 heteroatoms. The molecule has 0 saturated carbocycles. The summed E-state index contributed by atoms with van der Waals surface area (Å²) in [5, 5.41) is 0.529. The maximum Gasteiger partial charge on any atom is 0.246 e. The molecule has 0 radical (unpaired) electrons. The van der Waals surface area contributed by atoms with E-state index < -0.39 is 0 Å². The lowest BCUT2D eigenvalue weighted by atomic mass is 10.2. The van der Waals surface area contributed by atoms with Gasteiger partial charge in [0.1, 0.15) is 18.5 Å². The highest BCUT2D eigenvalue weighted by atomic mass is 35.5. The number of ether oxygens (including phenoxy) is 3. The molecule has 0 bridgehead atoms. The number of amides is 1. The summed E-state index contributed by atoms with van der Waals surface area (Å²) >= 11 is 6.19. The Hall–Kier alpha value is -1.56. The van der Waals surface area contributed by atoms with Crippen molar-refractivity contribution in [3.63, 3.8) is 0 Å². The summed E-state index contributed by atoms with van der Waals surface area (Å²) in [4.78, 5) is 13.9. The average Bonchev–Trinajstić information content (AvgIpc) is 3.37. The van der Waals surface area contributed by atoms with Gasteiger partial charge in [0.05, 0.1) is 24.8 Å². The molecule has 2 fully saturated rings. The van der Waals surface area contributed by atoms with Gasteiger partial charge in [0, 0.05) is 24.7 Å². The van der Waals surface area contributed by atoms with Crippen LogP contribution in [0.5, 0.6) is 5.75 Å². The zero-order valence-corrected chi connectivity index (χ0v) is 12.9. The van der Waals surface area contributed by atoms with E-state index >= 15 is 0 Å². The minimum atomic E-state index is -0.0280. The van der Waals surface area contributed by atoms with Crippen LogP contribution in [0.25, 0.3) is 6.08 Å². The third kappa shape index (κ3) is 4.00. The van der Waals surface area contributed by atoms with Crippen molar-refractivity contribution in [1.29, 1.82) is 0 Å². The van der Waals surface area contributed by atoms with Crippen molar-refractivity contribution >= 4 is 23.6 Å². The summed E-state index contributed by atoms with van der Waals surface area (Å²) in [6.07, 6.45) is 3.45. The van der Waals surface area contributed by atoms with Gasteiger partial charge in [-0.15, -0.1) is 0 Å². The molecule has 0 aliphatic carbocycles. The summed E-state index contributed by atoms with van der Waals surface area (Å²) in [7, 11) is 0. The molecule has 5 nitrogen and oxygen atoms in total. The molecule has 1 unspecified atom stereocenters. The summed E-state index contributed by atoms with van der Waals surface area (Å²) in [5.74, 6) is 0.561. The SMILES string of the molecule is O=C(/C=C/c1cccc(Cl)c1OCC1CO1)N1CCOCC1. The number of hydrogen-bond acceptors (Lipinski definition) is 4. The van der Waals surface area contributed by atoms with Crippen molar-refractivity contribution in [2.45, 2.75) is 6.10 Å². The van der Waals surface area contributed by atoms with Crippen LogP contribution in [0.4, 0.5) is 0 Å². The van der Waals surface area contributed by atoms with Crippen molar-refractivity contribution in [1.82, 2.24) is 4.90 Å². The molecule has 2 aliphatic heterocycles. The highest BCUT2D eigenvalue weighted by Gasteiger charge is 2.24. The number of nitrogens with zero attached hydrogens (tertiary/aromatic N) is 1. The summed E-state index contributed by atoms with van der Waals surface area (Å²) in [6, 6.07) is 5.48. The Balaban J connectivity index is 1.68. The molecule has 2 saturated heterocycles. The lowest BCUT2D eigenvalue weighted by Gasteiger charge is -2.25. The van der Waals surface area contributed by atoms with Crippen LogP contribution in [0.1, 0.15) is 5.56 Å². The fourth-order valence-corrected chi connectivity index (χ4v) is 2.44. The Kier molecular flexibility index (Phi) is 4.97. The van der Waals surface area contributed by atoms with Gasteiger partial charge in [-0.3, -0.25) is 4.79 Å². The molecule has 2 heterocycles. The van der Waals surface area contributed by atoms with Crippen molar-refractivity contribution in [3.05, 3.63) is 34.9 Å². The Bertz CT molecular complexity index is 565. The van der Waals surface area contributed by atoms with Crippen LogP contribution in [0.3, 0.4) is 0 Å². The van der Waals surface area contributed by atoms with Gasteiger partial charge in [-0.25, -0.2) is 0 Å². The van der Waals surface area contributed by atoms with Crippen molar-refractivity contribution in [2.75, 3.05) is 39.5 Å². The maximum atomic E-state index is 12.1. The third-order valence-corrected chi connectivity index (χ3v) is 3.84. The number of halogens is 1. The van der Waals surface area contributed by atoms with E-state index in [2.05, 4.69) is 0 Å². The quantitative estimate of drug-likeness (QED) is 0.614. The first-order valence-corrected chi connectivity index (χ1v) is 7.69. The van der Waals surface area contributed by atoms with Crippen molar-refractivity contribution in [3.8, 4) is 5.75 Å². The van der Waals surface area contributed by atoms with Crippen LogP contribution in [0.2, 0.25) is 5.02 Å². The first kappa shape index (κ1) is 15.3. The predicted molar refractivity (Wildman–Crippen MR) is 83.1 cm³/mol. The minimum Gasteiger partial charge on any atom is -0.489 e. The lowest BCUT2D eigenvalue weighted by Crippen LogP contribution is -2.39. The molecule has 3 rings (SSSR count). The van der Waals surface area contributed by atoms with Crippen LogP contribution in [-0.4, -0.2) is 56.4 Å². The van der Waals surface area contributed by atoms with Crippen LogP contribution < -0.4 is 4.74 Å². The second kappa shape index (κ2) is 7.13. The molecular formula is C16H18ClNO4. The monoisotopic (exact) mass is 323 g/mol. The first-order valence-electron chi connectivity index (χ1n) is 7.31. The second-order valence-electron chi connectivity index (χ2n) is 5.20. The van der Waals surface area contributed by atoms with E-state index in [-0.39, 0.29) is 12.0 Å². The van der Waals surface area contributed by atoms with Gasteiger partial charge < -0.3 is 19.1 Å². The number of hydrogen-bond donors (Lipinski definition) is 0. The van der Waals surface area contributed by atoms with Crippen LogP contribution in [-0.2, 0) is 14.3 Å². The van der Waals surface area contributed by atoms with E-state index in [1.807, 2.05) is 12.1 Å². The van der Waals surface area contributed by atoms with Gasteiger partial charge in [0.15, 0.2) is 0 Å². The number of morpholine rings is 1. The highest BCUT2D eigenvalue weighted by Crippen LogP contribution is 2.30. The normalized spacial score (nSPS) is 21.1. The third-order valence-electron chi connectivity index (χ3n) is 3.54. The topological polar surface area (TPSA) is 51.3 Å². The molecule has 0 spiro atoms. The zero-order valence-electron chi connectivity index (χ0n) is 12.2. The number of benzene rings is 1. The van der Waals surface area contributed by atoms with E-state index in [9.17, 15) is 4.79 Å². The number of epoxide rings is 1. The molecule has 1 aromatic carbocycles. The molecule has 1 aromatic rings. The molecule has 1 atom stereocenters. The fraction of sp³-hybridized carbons (Fsp3) is 0.438. The van der Waals surface area contributed by atoms with Gasteiger partial charge in [0.25, 0.3) is 0 Å². The largest absolute Gasteiger partial charge is 0.489 e. The minimum absolute atomic E-state index is 0.0280. The van der Waals surface area contributed by atoms with Gasteiger partial charge in [-0.05, 0) is 12.1 Å². The molecule has 22 heavy (non-hydrogen) atoms. The van der Waals surface area contributed by atoms with Crippen LogP contribution in [0, 0.1) is 0 Å². The van der Waals surface area contributed by atoms with E-state index in [0.717, 1.165) is 12.2 Å². The predicted octanol–water partition coefficient (Wildman–Crippen LogP) is 1.99. The molecule has 0 aromatic heterocycles. The Morgan fingerprint density at radius 1 is 1.41 bits per heavy atom. The second-order valence-corrected chi connectivity index (χ2v) is 5.60. The molecule has 1 amide bonds. The Morgan fingerprint density at radius 2 is 2.18 bits per heavy atom. The lowest BCUT2D eigenvalue weighted by molar-refractivity contribution is -0.129. The van der Waals surface area contributed by atoms with E-state index in [1.165, 1.54) is 0 Å². The summed E-state index contributed by atoms with van der Waals surface area (Å²) < 4.78 is 16.1. The molecule has 2 aliphatic rings. The molecular weight excluding hydrogens is 306 g/mol. The van der Waals surface area contributed by atoms with E-state index in [0.29, 0.717) is 43.7 Å². The Morgan fingerprint density at radius 3 is 2.91 bits per heavy atom. The molecule has 0 N–H and O–H groups in total.